The minimum absolute atomic E-state index is 0.365. The molecule has 1 atom stereocenters. The molecule has 0 unspecified atom stereocenters. The highest BCUT2D eigenvalue weighted by molar-refractivity contribution is 4.63. The molecule has 0 radical (unpaired) electrons. The first-order valence-corrected chi connectivity index (χ1v) is 3.05. The van der Waals surface area contributed by atoms with E-state index in [0.29, 0.717) is 6.10 Å². The van der Waals surface area contributed by atoms with E-state index >= 15 is 0 Å². The molecule has 48 valence electrons. The molecule has 0 amide bonds. The van der Waals surface area contributed by atoms with Gasteiger partial charge in [-0.25, -0.2) is 0 Å². The van der Waals surface area contributed by atoms with Crippen LogP contribution in [0, 0.1) is 0 Å². The van der Waals surface area contributed by atoms with E-state index in [9.17, 15) is 0 Å². The number of quaternary nitrogens is 1. The highest BCUT2D eigenvalue weighted by Crippen LogP contribution is 1.90. The molecule has 0 spiro atoms. The van der Waals surface area contributed by atoms with Crippen LogP contribution in [0.25, 0.3) is 0 Å². The molecule has 0 aromatic heterocycles. The second kappa shape index (κ2) is 3.02. The van der Waals surface area contributed by atoms with Gasteiger partial charge in [0.25, 0.3) is 0 Å². The van der Waals surface area contributed by atoms with Crippen LogP contribution in [0.4, 0.5) is 0 Å². The first kappa shape index (κ1) is 6.01. The minimum atomic E-state index is 0.365. The Morgan fingerprint density at radius 2 is 2.62 bits per heavy atom. The number of rotatable bonds is 1. The Labute approximate surface area is 49.2 Å². The number of hydrogen-bond acceptors (Lipinski definition) is 2. The highest BCUT2D eigenvalue weighted by Gasteiger charge is 2.11. The molecule has 1 fully saturated rings. The third kappa shape index (κ3) is 1.43. The number of nitrogens with one attached hydrogen (secondary N) is 1. The van der Waals surface area contributed by atoms with E-state index in [1.165, 1.54) is 0 Å². The summed E-state index contributed by atoms with van der Waals surface area (Å²) < 4.78 is 5.30. The zero-order chi connectivity index (χ0) is 5.82. The lowest BCUT2D eigenvalue weighted by Gasteiger charge is -2.19. The van der Waals surface area contributed by atoms with Crippen LogP contribution in [0.2, 0.25) is 0 Å². The molecule has 0 saturated carbocycles. The molecule has 0 aromatic carbocycles. The monoisotopic (exact) mass is 117 g/mol. The van der Waals surface area contributed by atoms with Gasteiger partial charge >= 0.3 is 0 Å². The summed E-state index contributed by atoms with van der Waals surface area (Å²) in [5.41, 5.74) is 3.74. The van der Waals surface area contributed by atoms with Crippen LogP contribution in [0.5, 0.6) is 0 Å². The van der Waals surface area contributed by atoms with Gasteiger partial charge in [-0.3, -0.25) is 0 Å². The van der Waals surface area contributed by atoms with Gasteiger partial charge < -0.3 is 15.8 Å². The second-order valence-corrected chi connectivity index (χ2v) is 1.99. The van der Waals surface area contributed by atoms with Crippen LogP contribution < -0.4 is 11.1 Å². The Balaban J connectivity index is 2.13. The van der Waals surface area contributed by atoms with Crippen molar-refractivity contribution >= 4 is 0 Å². The number of morpholine rings is 1. The topological polar surface area (TPSA) is 48.9 Å². The van der Waals surface area contributed by atoms with Crippen molar-refractivity contribution in [1.82, 2.24) is 5.32 Å². The van der Waals surface area contributed by atoms with E-state index in [4.69, 9.17) is 4.74 Å². The van der Waals surface area contributed by atoms with Crippen LogP contribution >= 0.6 is 0 Å². The SMILES string of the molecule is [NH3+]C[C@@H]1CNCCO1. The fraction of sp³-hybridized carbons (Fsp3) is 1.00. The van der Waals surface area contributed by atoms with Crippen molar-refractivity contribution in [3.63, 3.8) is 0 Å². The van der Waals surface area contributed by atoms with Gasteiger partial charge in [-0.15, -0.1) is 0 Å². The molecule has 1 aliphatic rings. The fourth-order valence-electron chi connectivity index (χ4n) is 0.805. The Hall–Kier alpha value is -0.120. The normalized spacial score (nSPS) is 30.4. The number of ether oxygens (including phenoxy) is 1. The van der Waals surface area contributed by atoms with Gasteiger partial charge in [0.15, 0.2) is 0 Å². The van der Waals surface area contributed by atoms with E-state index in [1.807, 2.05) is 0 Å². The molecule has 0 aromatic rings. The number of hydrogen-bond donors (Lipinski definition) is 2. The largest absolute Gasteiger partial charge is 0.370 e. The molecule has 3 heteroatoms. The lowest BCUT2D eigenvalue weighted by Crippen LogP contribution is -2.59. The lowest BCUT2D eigenvalue weighted by molar-refractivity contribution is -0.386. The van der Waals surface area contributed by atoms with E-state index in [2.05, 4.69) is 11.1 Å². The van der Waals surface area contributed by atoms with Gasteiger partial charge in [0, 0.05) is 13.1 Å². The minimum Gasteiger partial charge on any atom is -0.370 e. The zero-order valence-corrected chi connectivity index (χ0v) is 5.02. The molecule has 1 saturated heterocycles. The second-order valence-electron chi connectivity index (χ2n) is 1.99. The summed E-state index contributed by atoms with van der Waals surface area (Å²) in [5, 5.41) is 3.22. The van der Waals surface area contributed by atoms with Gasteiger partial charge in [-0.05, 0) is 0 Å². The molecule has 0 aliphatic carbocycles. The molecule has 0 bridgehead atoms. The molecule has 8 heavy (non-hydrogen) atoms. The summed E-state index contributed by atoms with van der Waals surface area (Å²) >= 11 is 0. The van der Waals surface area contributed by atoms with Crippen molar-refractivity contribution in [3.05, 3.63) is 0 Å². The van der Waals surface area contributed by atoms with Crippen molar-refractivity contribution < 1.29 is 10.5 Å². The predicted molar refractivity (Wildman–Crippen MR) is 30.4 cm³/mol. The smallest absolute Gasteiger partial charge is 0.119 e. The van der Waals surface area contributed by atoms with Gasteiger partial charge in [0.05, 0.1) is 6.61 Å². The van der Waals surface area contributed by atoms with Gasteiger partial charge in [0.1, 0.15) is 12.6 Å². The molecule has 4 N–H and O–H groups in total. The first-order valence-electron chi connectivity index (χ1n) is 3.05. The summed E-state index contributed by atoms with van der Waals surface area (Å²) in [6.45, 7) is 3.70. The maximum absolute atomic E-state index is 5.30. The van der Waals surface area contributed by atoms with Gasteiger partial charge in [-0.1, -0.05) is 0 Å². The Bertz CT molecular complexity index is 61.4. The van der Waals surface area contributed by atoms with Crippen LogP contribution in [0.3, 0.4) is 0 Å². The standard InChI is InChI=1S/C5H12N2O/c6-3-5-4-7-1-2-8-5/h5,7H,1-4,6H2/p+1/t5-/m1/s1. The average molecular weight is 117 g/mol. The Kier molecular flexibility index (Phi) is 2.27. The molecule has 1 heterocycles. The zero-order valence-electron chi connectivity index (χ0n) is 5.02. The quantitative estimate of drug-likeness (QED) is 0.426. The van der Waals surface area contributed by atoms with Crippen LogP contribution in [0.1, 0.15) is 0 Å². The van der Waals surface area contributed by atoms with Crippen molar-refractivity contribution in [2.75, 3.05) is 26.2 Å². The summed E-state index contributed by atoms with van der Waals surface area (Å²) in [7, 11) is 0. The van der Waals surface area contributed by atoms with Crippen LogP contribution in [-0.4, -0.2) is 32.3 Å². The Morgan fingerprint density at radius 3 is 3.00 bits per heavy atom. The average Bonchev–Trinajstić information content (AvgIpc) is 1.90. The first-order chi connectivity index (χ1) is 3.93. The third-order valence-electron chi connectivity index (χ3n) is 1.33. The van der Waals surface area contributed by atoms with E-state index in [1.54, 1.807) is 0 Å². The van der Waals surface area contributed by atoms with E-state index < -0.39 is 0 Å². The molecule has 1 rings (SSSR count). The van der Waals surface area contributed by atoms with Crippen molar-refractivity contribution in [1.29, 1.82) is 0 Å². The van der Waals surface area contributed by atoms with E-state index in [0.717, 1.165) is 26.2 Å². The van der Waals surface area contributed by atoms with Gasteiger partial charge in [-0.2, -0.15) is 0 Å². The van der Waals surface area contributed by atoms with Crippen molar-refractivity contribution in [2.45, 2.75) is 6.10 Å². The maximum atomic E-state index is 5.30. The maximum Gasteiger partial charge on any atom is 0.119 e. The van der Waals surface area contributed by atoms with Crippen LogP contribution in [-0.2, 0) is 4.74 Å². The summed E-state index contributed by atoms with van der Waals surface area (Å²) in [4.78, 5) is 0. The van der Waals surface area contributed by atoms with E-state index in [-0.39, 0.29) is 0 Å². The molecular weight excluding hydrogens is 104 g/mol. The summed E-state index contributed by atoms with van der Waals surface area (Å²) in [5.74, 6) is 0. The van der Waals surface area contributed by atoms with Gasteiger partial charge in [0.2, 0.25) is 0 Å². The lowest BCUT2D eigenvalue weighted by atomic mass is 10.3. The molecule has 3 nitrogen and oxygen atoms in total. The Morgan fingerprint density at radius 1 is 1.75 bits per heavy atom. The molecule has 1 aliphatic heterocycles. The summed E-state index contributed by atoms with van der Waals surface area (Å²) in [6, 6.07) is 0. The third-order valence-corrected chi connectivity index (χ3v) is 1.33. The summed E-state index contributed by atoms with van der Waals surface area (Å²) in [6.07, 6.45) is 0.365. The molecular formula is C5H13N2O+. The highest BCUT2D eigenvalue weighted by atomic mass is 16.5. The van der Waals surface area contributed by atoms with Crippen molar-refractivity contribution in [2.24, 2.45) is 0 Å². The van der Waals surface area contributed by atoms with Crippen LogP contribution in [0.15, 0.2) is 0 Å². The fourth-order valence-corrected chi connectivity index (χ4v) is 0.805. The predicted octanol–water partition coefficient (Wildman–Crippen LogP) is -1.78. The van der Waals surface area contributed by atoms with Crippen molar-refractivity contribution in [3.8, 4) is 0 Å².